The van der Waals surface area contributed by atoms with Crippen molar-refractivity contribution in [3.8, 4) is 5.75 Å². The lowest BCUT2D eigenvalue weighted by Crippen LogP contribution is -2.12. The molecule has 0 aliphatic heterocycles. The fourth-order valence-corrected chi connectivity index (χ4v) is 4.75. The van der Waals surface area contributed by atoms with Crippen molar-refractivity contribution in [2.75, 3.05) is 23.9 Å². The lowest BCUT2D eigenvalue weighted by molar-refractivity contribution is 0.485. The monoisotopic (exact) mass is 458 g/mol. The Kier molecular flexibility index (Phi) is 6.38. The number of benzene rings is 4. The van der Waals surface area contributed by atoms with Crippen LogP contribution in [0.1, 0.15) is 5.56 Å². The second-order valence-corrected chi connectivity index (χ2v) is 9.28. The SMILES string of the molecule is Cc1ccccc1S(=O)(=O)Oc1ccc(N(C)c2ccc(N(C)c3ccccc3)cc2)cc1. The van der Waals surface area contributed by atoms with Crippen LogP contribution in [0.25, 0.3) is 0 Å². The van der Waals surface area contributed by atoms with E-state index in [1.165, 1.54) is 0 Å². The molecule has 0 saturated heterocycles. The van der Waals surface area contributed by atoms with Crippen LogP contribution in [0.2, 0.25) is 0 Å². The minimum absolute atomic E-state index is 0.173. The molecule has 0 heterocycles. The Bertz CT molecular complexity index is 1320. The van der Waals surface area contributed by atoms with Gasteiger partial charge in [-0.1, -0.05) is 36.4 Å². The summed E-state index contributed by atoms with van der Waals surface area (Å²) in [6.07, 6.45) is 0. The van der Waals surface area contributed by atoms with Gasteiger partial charge in [0.1, 0.15) is 10.6 Å². The van der Waals surface area contributed by atoms with E-state index in [0.717, 1.165) is 22.7 Å². The highest BCUT2D eigenvalue weighted by Gasteiger charge is 2.19. The molecule has 0 aliphatic rings. The molecule has 5 nitrogen and oxygen atoms in total. The molecule has 33 heavy (non-hydrogen) atoms. The molecule has 4 aromatic rings. The van der Waals surface area contributed by atoms with Gasteiger partial charge in [0, 0.05) is 36.8 Å². The van der Waals surface area contributed by atoms with Gasteiger partial charge in [0.15, 0.2) is 0 Å². The largest absolute Gasteiger partial charge is 0.379 e. The van der Waals surface area contributed by atoms with E-state index in [4.69, 9.17) is 4.18 Å². The lowest BCUT2D eigenvalue weighted by Gasteiger charge is -2.23. The van der Waals surface area contributed by atoms with Crippen molar-refractivity contribution in [3.05, 3.63) is 109 Å². The van der Waals surface area contributed by atoms with Crippen molar-refractivity contribution in [2.24, 2.45) is 0 Å². The minimum atomic E-state index is -3.88. The summed E-state index contributed by atoms with van der Waals surface area (Å²) in [6.45, 7) is 1.75. The first kappa shape index (κ1) is 22.4. The molecule has 0 aliphatic carbocycles. The van der Waals surface area contributed by atoms with Gasteiger partial charge in [0.2, 0.25) is 0 Å². The number of anilines is 4. The van der Waals surface area contributed by atoms with E-state index in [0.29, 0.717) is 5.56 Å². The molecule has 6 heteroatoms. The summed E-state index contributed by atoms with van der Waals surface area (Å²) in [4.78, 5) is 4.34. The van der Waals surface area contributed by atoms with E-state index in [-0.39, 0.29) is 10.6 Å². The van der Waals surface area contributed by atoms with Crippen molar-refractivity contribution in [1.82, 2.24) is 0 Å². The molecule has 0 saturated carbocycles. The molecular formula is C27H26N2O3S. The number of nitrogens with zero attached hydrogens (tertiary/aromatic N) is 2. The predicted molar refractivity (Wildman–Crippen MR) is 134 cm³/mol. The molecule has 0 aromatic heterocycles. The van der Waals surface area contributed by atoms with Gasteiger partial charge >= 0.3 is 10.1 Å². The third kappa shape index (κ3) is 5.02. The summed E-state index contributed by atoms with van der Waals surface area (Å²) in [7, 11) is 0.124. The normalized spacial score (nSPS) is 11.1. The van der Waals surface area contributed by atoms with Gasteiger partial charge in [-0.05, 0) is 79.2 Å². The lowest BCUT2D eigenvalue weighted by atomic mass is 10.2. The fourth-order valence-electron chi connectivity index (χ4n) is 3.58. The highest BCUT2D eigenvalue weighted by atomic mass is 32.2. The van der Waals surface area contributed by atoms with Crippen molar-refractivity contribution >= 4 is 32.9 Å². The van der Waals surface area contributed by atoms with E-state index < -0.39 is 10.1 Å². The van der Waals surface area contributed by atoms with E-state index in [2.05, 4.69) is 41.3 Å². The quantitative estimate of drug-likeness (QED) is 0.304. The zero-order valence-electron chi connectivity index (χ0n) is 18.8. The molecule has 0 bridgehead atoms. The average molecular weight is 459 g/mol. The van der Waals surface area contributed by atoms with Crippen molar-refractivity contribution in [1.29, 1.82) is 0 Å². The molecule has 4 rings (SSSR count). The summed E-state index contributed by atoms with van der Waals surface area (Å²) >= 11 is 0. The molecule has 0 radical (unpaired) electrons. The Morgan fingerprint density at radius 1 is 0.576 bits per heavy atom. The van der Waals surface area contributed by atoms with Gasteiger partial charge in [-0.2, -0.15) is 8.42 Å². The number of hydrogen-bond donors (Lipinski definition) is 0. The van der Waals surface area contributed by atoms with E-state index in [1.807, 2.05) is 49.3 Å². The number of rotatable bonds is 7. The number of para-hydroxylation sites is 1. The van der Waals surface area contributed by atoms with E-state index in [1.54, 1.807) is 43.3 Å². The molecule has 168 valence electrons. The maximum Gasteiger partial charge on any atom is 0.339 e. The molecule has 4 aromatic carbocycles. The molecule has 0 spiro atoms. The van der Waals surface area contributed by atoms with Gasteiger partial charge < -0.3 is 14.0 Å². The Balaban J connectivity index is 1.47. The second-order valence-electron chi connectivity index (χ2n) is 7.77. The Morgan fingerprint density at radius 3 is 1.52 bits per heavy atom. The predicted octanol–water partition coefficient (Wildman–Crippen LogP) is 6.30. The van der Waals surface area contributed by atoms with Crippen LogP contribution in [0.3, 0.4) is 0 Å². The van der Waals surface area contributed by atoms with E-state index in [9.17, 15) is 8.42 Å². The Morgan fingerprint density at radius 2 is 1.00 bits per heavy atom. The second kappa shape index (κ2) is 9.38. The summed E-state index contributed by atoms with van der Waals surface area (Å²) < 4.78 is 30.6. The van der Waals surface area contributed by atoms with Gasteiger partial charge in [0.05, 0.1) is 0 Å². The third-order valence-corrected chi connectivity index (χ3v) is 6.97. The first-order valence-electron chi connectivity index (χ1n) is 10.6. The fraction of sp³-hybridized carbons (Fsp3) is 0.111. The molecule has 0 atom stereocenters. The third-order valence-electron chi connectivity index (χ3n) is 5.56. The van der Waals surface area contributed by atoms with Crippen LogP contribution in [0.15, 0.2) is 108 Å². The van der Waals surface area contributed by atoms with Crippen molar-refractivity contribution in [2.45, 2.75) is 11.8 Å². The van der Waals surface area contributed by atoms with Gasteiger partial charge in [-0.3, -0.25) is 0 Å². The smallest absolute Gasteiger partial charge is 0.339 e. The van der Waals surface area contributed by atoms with Crippen LogP contribution in [-0.4, -0.2) is 22.5 Å². The molecule has 0 amide bonds. The van der Waals surface area contributed by atoms with Crippen LogP contribution in [0.5, 0.6) is 5.75 Å². The standard InChI is InChI=1S/C27H26N2O3S/c1-21-9-7-8-12-27(21)33(30,31)32-26-19-17-25(18-20-26)29(3)24-15-13-23(14-16-24)28(2)22-10-5-4-6-11-22/h4-20H,1-3H3. The van der Waals surface area contributed by atoms with Gasteiger partial charge in [-0.25, -0.2) is 0 Å². The first-order chi connectivity index (χ1) is 15.8. The van der Waals surface area contributed by atoms with E-state index >= 15 is 0 Å². The zero-order chi connectivity index (χ0) is 23.4. The Labute approximate surface area is 195 Å². The maximum atomic E-state index is 12.6. The molecule has 0 fully saturated rings. The van der Waals surface area contributed by atoms with Crippen LogP contribution in [0.4, 0.5) is 22.7 Å². The van der Waals surface area contributed by atoms with Crippen molar-refractivity contribution < 1.29 is 12.6 Å². The topological polar surface area (TPSA) is 49.9 Å². The number of aryl methyl sites for hydroxylation is 1. The van der Waals surface area contributed by atoms with Crippen LogP contribution < -0.4 is 14.0 Å². The highest BCUT2D eigenvalue weighted by Crippen LogP contribution is 2.30. The summed E-state index contributed by atoms with van der Waals surface area (Å²) in [5.41, 5.74) is 4.79. The van der Waals surface area contributed by atoms with Crippen molar-refractivity contribution in [3.63, 3.8) is 0 Å². The van der Waals surface area contributed by atoms with Gasteiger partial charge in [-0.15, -0.1) is 0 Å². The maximum absolute atomic E-state index is 12.6. The van der Waals surface area contributed by atoms with Crippen LogP contribution >= 0.6 is 0 Å². The molecule has 0 unspecified atom stereocenters. The Hall–Kier alpha value is -3.77. The first-order valence-corrected chi connectivity index (χ1v) is 12.0. The molecular weight excluding hydrogens is 432 g/mol. The highest BCUT2D eigenvalue weighted by molar-refractivity contribution is 7.87. The van der Waals surface area contributed by atoms with Crippen LogP contribution in [0, 0.1) is 6.92 Å². The zero-order valence-corrected chi connectivity index (χ0v) is 19.7. The van der Waals surface area contributed by atoms with Gasteiger partial charge in [0.25, 0.3) is 0 Å². The summed E-state index contributed by atoms with van der Waals surface area (Å²) in [5, 5.41) is 0. The van der Waals surface area contributed by atoms with Crippen LogP contribution in [-0.2, 0) is 10.1 Å². The average Bonchev–Trinajstić information content (AvgIpc) is 2.84. The summed E-state index contributed by atoms with van der Waals surface area (Å²) in [5.74, 6) is 0.273. The molecule has 0 N–H and O–H groups in total. The summed E-state index contributed by atoms with van der Waals surface area (Å²) in [6, 6.07) is 32.2. The minimum Gasteiger partial charge on any atom is -0.379 e. The number of hydrogen-bond acceptors (Lipinski definition) is 5.